The predicted octanol–water partition coefficient (Wildman–Crippen LogP) is 4.66. The average molecular weight is 526 g/mol. The molecule has 2 aliphatic rings. The number of hydrogen-bond acceptors (Lipinski definition) is 7. The molecule has 3 N–H and O–H groups in total. The normalized spacial score (nSPS) is 16.8. The number of piperazine rings is 1. The van der Waals surface area contributed by atoms with E-state index in [9.17, 15) is 4.79 Å². The van der Waals surface area contributed by atoms with Crippen LogP contribution in [0.5, 0.6) is 0 Å². The zero-order valence-electron chi connectivity index (χ0n) is 20.3. The third-order valence-corrected chi connectivity index (χ3v) is 7.06. The van der Waals surface area contributed by atoms with Crippen LogP contribution in [0.3, 0.4) is 0 Å². The molecule has 3 heterocycles. The topological polar surface area (TPSA) is 85.4 Å². The minimum atomic E-state index is -0.312. The van der Waals surface area contributed by atoms with Gasteiger partial charge in [0.15, 0.2) is 11.5 Å². The van der Waals surface area contributed by atoms with Crippen LogP contribution in [-0.2, 0) is 6.54 Å². The maximum Gasteiger partial charge on any atom is 0.276 e. The number of aromatic nitrogens is 2. The Hall–Kier alpha value is -3.07. The molecular weight excluding hydrogens is 497 g/mol. The van der Waals surface area contributed by atoms with Crippen LogP contribution in [0.15, 0.2) is 48.5 Å². The van der Waals surface area contributed by atoms with E-state index in [1.807, 2.05) is 30.3 Å². The lowest BCUT2D eigenvalue weighted by molar-refractivity contribution is 0.102. The summed E-state index contributed by atoms with van der Waals surface area (Å²) in [5.41, 5.74) is 3.86. The summed E-state index contributed by atoms with van der Waals surface area (Å²) in [6.07, 6.45) is 0. The van der Waals surface area contributed by atoms with Gasteiger partial charge in [0, 0.05) is 66.2 Å². The van der Waals surface area contributed by atoms with Crippen molar-refractivity contribution in [2.75, 3.05) is 53.2 Å². The first kappa shape index (κ1) is 24.6. The Bertz CT molecular complexity index is 1270. The van der Waals surface area contributed by atoms with Gasteiger partial charge in [-0.05, 0) is 67.9 Å². The summed E-state index contributed by atoms with van der Waals surface area (Å²) in [4.78, 5) is 17.5. The van der Waals surface area contributed by atoms with E-state index in [-0.39, 0.29) is 17.1 Å². The van der Waals surface area contributed by atoms with Gasteiger partial charge in [-0.15, -0.1) is 10.2 Å². The molecule has 5 rings (SSSR count). The fourth-order valence-corrected chi connectivity index (χ4v) is 5.01. The summed E-state index contributed by atoms with van der Waals surface area (Å²) >= 11 is 12.6. The lowest BCUT2D eigenvalue weighted by Crippen LogP contribution is -2.57. The van der Waals surface area contributed by atoms with Crippen molar-refractivity contribution in [3.63, 3.8) is 0 Å². The number of fused-ring (bicyclic) bond motifs is 1. The van der Waals surface area contributed by atoms with Gasteiger partial charge in [-0.25, -0.2) is 0 Å². The molecule has 10 heteroatoms. The SMILES string of the molecule is CC1(C)CN(c2ccc(NC(=O)c3cc4c(nn3)NCCN4Cc3cc(Cl)ccc3Cl)cc2)CCN1. The second kappa shape index (κ2) is 10.1. The lowest BCUT2D eigenvalue weighted by atomic mass is 10.0. The van der Waals surface area contributed by atoms with E-state index in [0.717, 1.165) is 43.1 Å². The molecule has 0 aliphatic carbocycles. The van der Waals surface area contributed by atoms with Gasteiger partial charge in [0.25, 0.3) is 5.91 Å². The Balaban J connectivity index is 1.30. The summed E-state index contributed by atoms with van der Waals surface area (Å²) < 4.78 is 0. The van der Waals surface area contributed by atoms with E-state index < -0.39 is 0 Å². The largest absolute Gasteiger partial charge is 0.368 e. The van der Waals surface area contributed by atoms with E-state index in [2.05, 4.69) is 49.8 Å². The number of rotatable bonds is 5. The highest BCUT2D eigenvalue weighted by molar-refractivity contribution is 6.33. The van der Waals surface area contributed by atoms with E-state index in [4.69, 9.17) is 23.2 Å². The van der Waals surface area contributed by atoms with Gasteiger partial charge in [-0.3, -0.25) is 4.79 Å². The quantitative estimate of drug-likeness (QED) is 0.446. The minimum absolute atomic E-state index is 0.0666. The molecule has 0 bridgehead atoms. The number of anilines is 4. The number of hydrogen-bond donors (Lipinski definition) is 3. The number of amides is 1. The molecule has 2 aromatic carbocycles. The van der Waals surface area contributed by atoms with Gasteiger partial charge in [0.2, 0.25) is 0 Å². The number of carbonyl (C=O) groups excluding carboxylic acids is 1. The Morgan fingerprint density at radius 1 is 1.06 bits per heavy atom. The molecule has 188 valence electrons. The van der Waals surface area contributed by atoms with E-state index in [1.54, 1.807) is 18.2 Å². The van der Waals surface area contributed by atoms with E-state index >= 15 is 0 Å². The summed E-state index contributed by atoms with van der Waals surface area (Å²) in [7, 11) is 0. The molecule has 0 spiro atoms. The first-order valence-corrected chi connectivity index (χ1v) is 12.7. The third-order valence-electron chi connectivity index (χ3n) is 6.45. The van der Waals surface area contributed by atoms with Crippen LogP contribution in [0.2, 0.25) is 10.0 Å². The van der Waals surface area contributed by atoms with Crippen molar-refractivity contribution in [2.45, 2.75) is 25.9 Å². The highest BCUT2D eigenvalue weighted by atomic mass is 35.5. The average Bonchev–Trinajstić information content (AvgIpc) is 2.86. The predicted molar refractivity (Wildman–Crippen MR) is 147 cm³/mol. The molecule has 0 atom stereocenters. The molecule has 3 aromatic rings. The summed E-state index contributed by atoms with van der Waals surface area (Å²) in [6.45, 7) is 9.21. The van der Waals surface area contributed by atoms with Gasteiger partial charge in [0.05, 0.1) is 5.69 Å². The van der Waals surface area contributed by atoms with Crippen LogP contribution >= 0.6 is 23.2 Å². The fourth-order valence-electron chi connectivity index (χ4n) is 4.64. The van der Waals surface area contributed by atoms with Crippen molar-refractivity contribution in [2.24, 2.45) is 0 Å². The number of nitrogens with one attached hydrogen (secondary N) is 3. The van der Waals surface area contributed by atoms with Crippen LogP contribution in [0, 0.1) is 0 Å². The summed E-state index contributed by atoms with van der Waals surface area (Å²) in [6, 6.07) is 15.1. The number of halogens is 2. The molecule has 0 saturated carbocycles. The molecule has 1 saturated heterocycles. The molecule has 0 radical (unpaired) electrons. The molecular formula is C26H29Cl2N7O. The molecule has 1 amide bonds. The van der Waals surface area contributed by atoms with Crippen molar-refractivity contribution >= 4 is 52.0 Å². The number of benzene rings is 2. The van der Waals surface area contributed by atoms with Crippen molar-refractivity contribution < 1.29 is 4.79 Å². The van der Waals surface area contributed by atoms with Crippen LogP contribution in [-0.4, -0.2) is 54.4 Å². The monoisotopic (exact) mass is 525 g/mol. The first-order chi connectivity index (χ1) is 17.3. The number of nitrogens with zero attached hydrogens (tertiary/aromatic N) is 4. The third kappa shape index (κ3) is 5.51. The second-order valence-corrected chi connectivity index (χ2v) is 10.6. The maximum absolute atomic E-state index is 13.0. The van der Waals surface area contributed by atoms with Crippen molar-refractivity contribution in [1.82, 2.24) is 15.5 Å². The smallest absolute Gasteiger partial charge is 0.276 e. The zero-order valence-corrected chi connectivity index (χ0v) is 21.8. The molecule has 2 aliphatic heterocycles. The van der Waals surface area contributed by atoms with Crippen molar-refractivity contribution in [1.29, 1.82) is 0 Å². The minimum Gasteiger partial charge on any atom is -0.368 e. The molecule has 0 unspecified atom stereocenters. The van der Waals surface area contributed by atoms with Crippen LogP contribution in [0.1, 0.15) is 29.9 Å². The van der Waals surface area contributed by atoms with Gasteiger partial charge in [-0.1, -0.05) is 23.2 Å². The zero-order chi connectivity index (χ0) is 25.3. The van der Waals surface area contributed by atoms with Crippen molar-refractivity contribution in [3.05, 3.63) is 69.8 Å². The Labute approximate surface area is 221 Å². The van der Waals surface area contributed by atoms with Gasteiger partial charge >= 0.3 is 0 Å². The Morgan fingerprint density at radius 3 is 2.64 bits per heavy atom. The van der Waals surface area contributed by atoms with Crippen LogP contribution in [0.25, 0.3) is 0 Å². The summed E-state index contributed by atoms with van der Waals surface area (Å²) in [5, 5.41) is 19.4. The van der Waals surface area contributed by atoms with E-state index in [1.165, 1.54) is 0 Å². The second-order valence-electron chi connectivity index (χ2n) is 9.78. The number of carbonyl (C=O) groups is 1. The van der Waals surface area contributed by atoms with Crippen LogP contribution < -0.4 is 25.8 Å². The van der Waals surface area contributed by atoms with Gasteiger partial charge in [-0.2, -0.15) is 0 Å². The maximum atomic E-state index is 13.0. The highest BCUT2D eigenvalue weighted by Gasteiger charge is 2.26. The molecule has 8 nitrogen and oxygen atoms in total. The fraction of sp³-hybridized carbons (Fsp3) is 0.346. The standard InChI is InChI=1S/C26H29Cl2N7O/c1-26(2)16-35(12-10-30-26)20-6-4-19(5-7-20)31-25(36)22-14-23-24(33-32-22)29-9-11-34(23)15-17-13-18(27)3-8-21(17)28/h3-8,13-14,30H,9-12,15-16H2,1-2H3,(H,29,33)(H,31,36). The summed E-state index contributed by atoms with van der Waals surface area (Å²) in [5.74, 6) is 0.326. The lowest BCUT2D eigenvalue weighted by Gasteiger charge is -2.40. The van der Waals surface area contributed by atoms with E-state index in [0.29, 0.717) is 34.6 Å². The highest BCUT2D eigenvalue weighted by Crippen LogP contribution is 2.31. The molecule has 36 heavy (non-hydrogen) atoms. The van der Waals surface area contributed by atoms with Crippen LogP contribution in [0.4, 0.5) is 22.9 Å². The van der Waals surface area contributed by atoms with Crippen molar-refractivity contribution in [3.8, 4) is 0 Å². The Morgan fingerprint density at radius 2 is 1.86 bits per heavy atom. The van der Waals surface area contributed by atoms with Gasteiger partial charge < -0.3 is 25.8 Å². The van der Waals surface area contributed by atoms with Gasteiger partial charge in [0.1, 0.15) is 0 Å². The molecule has 1 aromatic heterocycles. The Kier molecular flexibility index (Phi) is 6.92. The molecule has 1 fully saturated rings. The first-order valence-electron chi connectivity index (χ1n) is 12.0.